The van der Waals surface area contributed by atoms with Crippen molar-refractivity contribution in [3.05, 3.63) is 60.2 Å². The number of aliphatic imine (C=N–C) groups is 1. The van der Waals surface area contributed by atoms with Crippen LogP contribution >= 0.6 is 0 Å². The van der Waals surface area contributed by atoms with Crippen molar-refractivity contribution >= 4 is 17.6 Å². The summed E-state index contributed by atoms with van der Waals surface area (Å²) in [4.78, 5) is 7.12. The van der Waals surface area contributed by atoms with E-state index in [-0.39, 0.29) is 0 Å². The molecule has 0 unspecified atom stereocenters. The zero-order chi connectivity index (χ0) is 14.3. The van der Waals surface area contributed by atoms with Gasteiger partial charge in [-0.05, 0) is 31.0 Å². The summed E-state index contributed by atoms with van der Waals surface area (Å²) < 4.78 is 0. The second-order valence-corrected chi connectivity index (χ2v) is 5.55. The molecule has 0 bridgehead atoms. The molecular weight excluding hydrogens is 256 g/mol. The normalized spacial score (nSPS) is 16.1. The van der Waals surface area contributed by atoms with Crippen LogP contribution in [0.1, 0.15) is 31.2 Å². The highest BCUT2D eigenvalue weighted by molar-refractivity contribution is 5.89. The van der Waals surface area contributed by atoms with Gasteiger partial charge in [0.1, 0.15) is 0 Å². The Morgan fingerprint density at radius 2 is 1.43 bits per heavy atom. The van der Waals surface area contributed by atoms with Crippen LogP contribution in [0.3, 0.4) is 0 Å². The van der Waals surface area contributed by atoms with Crippen LogP contribution in [-0.4, -0.2) is 19.3 Å². The minimum Gasteiger partial charge on any atom is -0.371 e. The molecule has 2 aromatic carbocycles. The summed E-state index contributed by atoms with van der Waals surface area (Å²) >= 11 is 0. The molecule has 0 amide bonds. The predicted molar refractivity (Wildman–Crippen MR) is 90.8 cm³/mol. The molecule has 0 spiro atoms. The Hall–Kier alpha value is -2.09. The van der Waals surface area contributed by atoms with Gasteiger partial charge in [0.05, 0.1) is 5.69 Å². The highest BCUT2D eigenvalue weighted by Crippen LogP contribution is 2.23. The van der Waals surface area contributed by atoms with Gasteiger partial charge in [-0.1, -0.05) is 49.2 Å². The molecule has 3 rings (SSSR count). The first kappa shape index (κ1) is 13.9. The van der Waals surface area contributed by atoms with Crippen LogP contribution in [0.2, 0.25) is 0 Å². The highest BCUT2D eigenvalue weighted by Gasteiger charge is 2.12. The van der Waals surface area contributed by atoms with E-state index in [4.69, 9.17) is 0 Å². The SMILES string of the molecule is C(=Nc1ccccc1)c1ccccc1N1CCCCCC1. The summed E-state index contributed by atoms with van der Waals surface area (Å²) in [6.45, 7) is 2.33. The van der Waals surface area contributed by atoms with Gasteiger partial charge in [0.2, 0.25) is 0 Å². The van der Waals surface area contributed by atoms with Gasteiger partial charge in [-0.3, -0.25) is 4.99 Å². The van der Waals surface area contributed by atoms with E-state index in [1.54, 1.807) is 0 Å². The van der Waals surface area contributed by atoms with Crippen molar-refractivity contribution in [1.82, 2.24) is 0 Å². The standard InChI is InChI=1S/C19H22N2/c1-2-9-15-21(14-8-1)19-13-7-6-10-17(19)16-20-18-11-4-3-5-12-18/h3-7,10-13,16H,1-2,8-9,14-15H2. The van der Waals surface area contributed by atoms with Crippen molar-refractivity contribution in [2.75, 3.05) is 18.0 Å². The van der Waals surface area contributed by atoms with Crippen LogP contribution in [0, 0.1) is 0 Å². The molecule has 1 aliphatic heterocycles. The van der Waals surface area contributed by atoms with E-state index in [1.165, 1.54) is 36.9 Å². The van der Waals surface area contributed by atoms with Crippen molar-refractivity contribution in [3.8, 4) is 0 Å². The summed E-state index contributed by atoms with van der Waals surface area (Å²) in [5.74, 6) is 0. The Kier molecular flexibility index (Phi) is 4.67. The van der Waals surface area contributed by atoms with E-state index in [9.17, 15) is 0 Å². The molecule has 0 N–H and O–H groups in total. The Morgan fingerprint density at radius 3 is 2.19 bits per heavy atom. The maximum atomic E-state index is 4.60. The smallest absolute Gasteiger partial charge is 0.0629 e. The minimum atomic E-state index is 1.00. The second-order valence-electron chi connectivity index (χ2n) is 5.55. The van der Waals surface area contributed by atoms with Crippen LogP contribution in [0.4, 0.5) is 11.4 Å². The lowest BCUT2D eigenvalue weighted by Crippen LogP contribution is -2.24. The fraction of sp³-hybridized carbons (Fsp3) is 0.316. The Balaban J connectivity index is 1.83. The quantitative estimate of drug-likeness (QED) is 0.735. The molecule has 0 radical (unpaired) electrons. The molecule has 0 aliphatic carbocycles. The minimum absolute atomic E-state index is 1.00. The Bertz CT molecular complexity index is 582. The van der Waals surface area contributed by atoms with Crippen LogP contribution in [0.15, 0.2) is 59.6 Å². The third-order valence-corrected chi connectivity index (χ3v) is 3.99. The van der Waals surface area contributed by atoms with Crippen LogP contribution in [0.5, 0.6) is 0 Å². The molecule has 0 atom stereocenters. The van der Waals surface area contributed by atoms with Crippen molar-refractivity contribution in [3.63, 3.8) is 0 Å². The summed E-state index contributed by atoms with van der Waals surface area (Å²) in [6.07, 6.45) is 7.30. The summed E-state index contributed by atoms with van der Waals surface area (Å²) in [5, 5.41) is 0. The lowest BCUT2D eigenvalue weighted by atomic mass is 10.1. The molecule has 108 valence electrons. The van der Waals surface area contributed by atoms with Crippen molar-refractivity contribution in [2.24, 2.45) is 4.99 Å². The molecule has 1 heterocycles. The third kappa shape index (κ3) is 3.72. The zero-order valence-electron chi connectivity index (χ0n) is 12.4. The topological polar surface area (TPSA) is 15.6 Å². The monoisotopic (exact) mass is 278 g/mol. The molecule has 1 fully saturated rings. The predicted octanol–water partition coefficient (Wildman–Crippen LogP) is 4.82. The number of nitrogens with zero attached hydrogens (tertiary/aromatic N) is 2. The van der Waals surface area contributed by atoms with Gasteiger partial charge in [0, 0.05) is 30.6 Å². The van der Waals surface area contributed by atoms with E-state index in [1.807, 2.05) is 36.5 Å². The number of anilines is 1. The second kappa shape index (κ2) is 7.07. The van der Waals surface area contributed by atoms with Crippen molar-refractivity contribution < 1.29 is 0 Å². The maximum Gasteiger partial charge on any atom is 0.0629 e. The first-order valence-corrected chi connectivity index (χ1v) is 7.86. The Labute approximate surface area is 127 Å². The van der Waals surface area contributed by atoms with E-state index in [2.05, 4.69) is 34.2 Å². The lowest BCUT2D eigenvalue weighted by Gasteiger charge is -2.24. The molecule has 2 heteroatoms. The number of benzene rings is 2. The van der Waals surface area contributed by atoms with Crippen LogP contribution in [-0.2, 0) is 0 Å². The molecule has 2 nitrogen and oxygen atoms in total. The highest BCUT2D eigenvalue weighted by atomic mass is 15.1. The average Bonchev–Trinajstić information content (AvgIpc) is 2.83. The molecule has 1 saturated heterocycles. The van der Waals surface area contributed by atoms with Gasteiger partial charge < -0.3 is 4.90 Å². The largest absolute Gasteiger partial charge is 0.371 e. The van der Waals surface area contributed by atoms with Crippen molar-refractivity contribution in [2.45, 2.75) is 25.7 Å². The number of hydrogen-bond acceptors (Lipinski definition) is 2. The van der Waals surface area contributed by atoms with E-state index < -0.39 is 0 Å². The van der Waals surface area contributed by atoms with Gasteiger partial charge in [-0.15, -0.1) is 0 Å². The zero-order valence-corrected chi connectivity index (χ0v) is 12.4. The summed E-state index contributed by atoms with van der Waals surface area (Å²) in [5.41, 5.74) is 3.53. The summed E-state index contributed by atoms with van der Waals surface area (Å²) in [6, 6.07) is 18.7. The van der Waals surface area contributed by atoms with E-state index in [0.717, 1.165) is 18.8 Å². The Morgan fingerprint density at radius 1 is 0.762 bits per heavy atom. The number of para-hydroxylation sites is 2. The fourth-order valence-electron chi connectivity index (χ4n) is 2.85. The first-order chi connectivity index (χ1) is 10.4. The summed E-state index contributed by atoms with van der Waals surface area (Å²) in [7, 11) is 0. The average molecular weight is 278 g/mol. The fourth-order valence-corrected chi connectivity index (χ4v) is 2.85. The first-order valence-electron chi connectivity index (χ1n) is 7.86. The van der Waals surface area contributed by atoms with Crippen LogP contribution < -0.4 is 4.90 Å². The third-order valence-electron chi connectivity index (χ3n) is 3.99. The molecule has 0 saturated carbocycles. The van der Waals surface area contributed by atoms with Gasteiger partial charge in [-0.2, -0.15) is 0 Å². The number of rotatable bonds is 3. The van der Waals surface area contributed by atoms with Gasteiger partial charge in [-0.25, -0.2) is 0 Å². The van der Waals surface area contributed by atoms with Gasteiger partial charge >= 0.3 is 0 Å². The van der Waals surface area contributed by atoms with Gasteiger partial charge in [0.15, 0.2) is 0 Å². The lowest BCUT2D eigenvalue weighted by molar-refractivity contribution is 0.726. The van der Waals surface area contributed by atoms with E-state index >= 15 is 0 Å². The molecule has 21 heavy (non-hydrogen) atoms. The van der Waals surface area contributed by atoms with Gasteiger partial charge in [0.25, 0.3) is 0 Å². The molecular formula is C19H22N2. The molecule has 2 aromatic rings. The molecule has 0 aromatic heterocycles. The maximum absolute atomic E-state index is 4.60. The number of hydrogen-bond donors (Lipinski definition) is 0. The van der Waals surface area contributed by atoms with Crippen molar-refractivity contribution in [1.29, 1.82) is 0 Å². The molecule has 1 aliphatic rings. The van der Waals surface area contributed by atoms with Crippen LogP contribution in [0.25, 0.3) is 0 Å². The van der Waals surface area contributed by atoms with E-state index in [0.29, 0.717) is 0 Å².